The molecule has 1 heterocycles. The molecule has 0 spiro atoms. The van der Waals surface area contributed by atoms with Crippen LogP contribution in [0.5, 0.6) is 0 Å². The largest absolute Gasteiger partial charge is 0.494 e. The number of rotatable bonds is 2. The van der Waals surface area contributed by atoms with Crippen molar-refractivity contribution in [1.82, 2.24) is 0 Å². The van der Waals surface area contributed by atoms with E-state index in [1.807, 2.05) is 18.2 Å². The lowest BCUT2D eigenvalue weighted by Crippen LogP contribution is -2.41. The van der Waals surface area contributed by atoms with Crippen LogP contribution in [0.2, 0.25) is 0 Å². The Labute approximate surface area is 121 Å². The highest BCUT2D eigenvalue weighted by atomic mass is 16.7. The molecule has 2 fully saturated rings. The highest BCUT2D eigenvalue weighted by Crippen LogP contribution is 2.47. The molecule has 0 bridgehead atoms. The van der Waals surface area contributed by atoms with Crippen molar-refractivity contribution in [3.8, 4) is 6.07 Å². The lowest BCUT2D eigenvalue weighted by Gasteiger charge is -2.32. The van der Waals surface area contributed by atoms with E-state index >= 15 is 0 Å². The van der Waals surface area contributed by atoms with Crippen molar-refractivity contribution >= 4 is 12.6 Å². The SMILES string of the molecule is CC1(C)OB(c2cccc(C3(C#N)CC3)c2)OC1(C)C. The van der Waals surface area contributed by atoms with Gasteiger partial charge in [-0.25, -0.2) is 0 Å². The van der Waals surface area contributed by atoms with E-state index in [1.54, 1.807) is 0 Å². The van der Waals surface area contributed by atoms with Crippen molar-refractivity contribution in [3.05, 3.63) is 29.8 Å². The third kappa shape index (κ3) is 1.97. The van der Waals surface area contributed by atoms with Gasteiger partial charge in [0.25, 0.3) is 0 Å². The van der Waals surface area contributed by atoms with E-state index in [0.29, 0.717) is 0 Å². The van der Waals surface area contributed by atoms with Gasteiger partial charge in [0, 0.05) is 0 Å². The third-order valence-corrected chi connectivity index (χ3v) is 4.93. The lowest BCUT2D eigenvalue weighted by atomic mass is 9.77. The van der Waals surface area contributed by atoms with Crippen LogP contribution in [0.4, 0.5) is 0 Å². The summed E-state index contributed by atoms with van der Waals surface area (Å²) in [5, 5.41) is 9.32. The summed E-state index contributed by atoms with van der Waals surface area (Å²) in [6, 6.07) is 10.5. The Balaban J connectivity index is 1.90. The zero-order valence-corrected chi connectivity index (χ0v) is 12.6. The molecule has 1 aliphatic carbocycles. The molecule has 0 atom stereocenters. The molecule has 1 aromatic carbocycles. The summed E-state index contributed by atoms with van der Waals surface area (Å²) < 4.78 is 12.1. The summed E-state index contributed by atoms with van der Waals surface area (Å²) in [5.74, 6) is 0. The van der Waals surface area contributed by atoms with Crippen LogP contribution in [-0.2, 0) is 14.7 Å². The fraction of sp³-hybridized carbons (Fsp3) is 0.562. The molecule has 0 aromatic heterocycles. The second kappa shape index (κ2) is 4.10. The maximum absolute atomic E-state index is 9.32. The molecule has 4 heteroatoms. The summed E-state index contributed by atoms with van der Waals surface area (Å²) in [5.41, 5.74) is 1.16. The molecule has 3 nitrogen and oxygen atoms in total. The molecule has 0 unspecified atom stereocenters. The van der Waals surface area contributed by atoms with Crippen LogP contribution in [0.15, 0.2) is 24.3 Å². The van der Waals surface area contributed by atoms with E-state index in [2.05, 4.69) is 39.8 Å². The normalized spacial score (nSPS) is 25.2. The van der Waals surface area contributed by atoms with Crippen LogP contribution < -0.4 is 5.46 Å². The summed E-state index contributed by atoms with van der Waals surface area (Å²) in [4.78, 5) is 0. The number of hydrogen-bond donors (Lipinski definition) is 0. The van der Waals surface area contributed by atoms with Crippen LogP contribution in [0, 0.1) is 11.3 Å². The van der Waals surface area contributed by atoms with Crippen molar-refractivity contribution in [2.24, 2.45) is 0 Å². The zero-order valence-electron chi connectivity index (χ0n) is 12.6. The molecular formula is C16H20BNO2. The lowest BCUT2D eigenvalue weighted by molar-refractivity contribution is 0.00578. The molecule has 1 aromatic rings. The predicted molar refractivity (Wildman–Crippen MR) is 78.7 cm³/mol. The monoisotopic (exact) mass is 269 g/mol. The number of nitrogens with zero attached hydrogens (tertiary/aromatic N) is 1. The summed E-state index contributed by atoms with van der Waals surface area (Å²) in [7, 11) is -0.352. The van der Waals surface area contributed by atoms with Gasteiger partial charge in [0.2, 0.25) is 0 Å². The summed E-state index contributed by atoms with van der Waals surface area (Å²) in [6.07, 6.45) is 1.91. The van der Waals surface area contributed by atoms with Crippen LogP contribution in [0.1, 0.15) is 46.1 Å². The maximum Gasteiger partial charge on any atom is 0.494 e. The van der Waals surface area contributed by atoms with Crippen LogP contribution in [0.25, 0.3) is 0 Å². The fourth-order valence-electron chi connectivity index (χ4n) is 2.55. The average Bonchev–Trinajstić information content (AvgIpc) is 3.14. The van der Waals surface area contributed by atoms with E-state index in [1.165, 1.54) is 0 Å². The minimum atomic E-state index is -0.352. The summed E-state index contributed by atoms with van der Waals surface area (Å²) in [6.45, 7) is 8.20. The Morgan fingerprint density at radius 3 is 2.20 bits per heavy atom. The van der Waals surface area contributed by atoms with E-state index in [-0.39, 0.29) is 23.7 Å². The van der Waals surface area contributed by atoms with Gasteiger partial charge in [0.05, 0.1) is 22.7 Å². The average molecular weight is 269 g/mol. The van der Waals surface area contributed by atoms with Crippen molar-refractivity contribution in [1.29, 1.82) is 5.26 Å². The Morgan fingerprint density at radius 2 is 1.70 bits per heavy atom. The Kier molecular flexibility index (Phi) is 2.80. The van der Waals surface area contributed by atoms with E-state index < -0.39 is 0 Å². The summed E-state index contributed by atoms with van der Waals surface area (Å²) >= 11 is 0. The van der Waals surface area contributed by atoms with Gasteiger partial charge in [-0.2, -0.15) is 5.26 Å². The van der Waals surface area contributed by atoms with E-state index in [9.17, 15) is 5.26 Å². The number of hydrogen-bond acceptors (Lipinski definition) is 3. The van der Waals surface area contributed by atoms with Crippen LogP contribution in [0.3, 0.4) is 0 Å². The second-order valence-electron chi connectivity index (χ2n) is 6.91. The first kappa shape index (κ1) is 13.7. The molecule has 104 valence electrons. The number of nitriles is 1. The molecule has 20 heavy (non-hydrogen) atoms. The Hall–Kier alpha value is -1.31. The first-order valence-corrected chi connectivity index (χ1v) is 7.17. The standard InChI is InChI=1S/C16H20BNO2/c1-14(2)15(3,4)20-17(19-14)13-7-5-6-12(10-13)16(11-18)8-9-16/h5-7,10H,8-9H2,1-4H3. The molecule has 0 N–H and O–H groups in total. The molecule has 1 saturated carbocycles. The van der Waals surface area contributed by atoms with Crippen LogP contribution in [-0.4, -0.2) is 18.3 Å². The van der Waals surface area contributed by atoms with Gasteiger partial charge in [-0.05, 0) is 51.6 Å². The number of benzene rings is 1. The van der Waals surface area contributed by atoms with E-state index in [4.69, 9.17) is 9.31 Å². The highest BCUT2D eigenvalue weighted by Gasteiger charge is 2.52. The molecule has 1 aliphatic heterocycles. The maximum atomic E-state index is 9.32. The molecule has 0 amide bonds. The molecule has 2 aliphatic rings. The fourth-order valence-corrected chi connectivity index (χ4v) is 2.55. The minimum Gasteiger partial charge on any atom is -0.399 e. The topological polar surface area (TPSA) is 42.2 Å². The highest BCUT2D eigenvalue weighted by molar-refractivity contribution is 6.62. The van der Waals surface area contributed by atoms with Crippen molar-refractivity contribution in [2.75, 3.05) is 0 Å². The van der Waals surface area contributed by atoms with Gasteiger partial charge in [-0.1, -0.05) is 24.3 Å². The zero-order chi connectivity index (χ0) is 14.6. The van der Waals surface area contributed by atoms with Crippen molar-refractivity contribution in [3.63, 3.8) is 0 Å². The quantitative estimate of drug-likeness (QED) is 0.775. The van der Waals surface area contributed by atoms with Gasteiger partial charge in [0.1, 0.15) is 0 Å². The first-order valence-electron chi connectivity index (χ1n) is 7.17. The van der Waals surface area contributed by atoms with E-state index in [0.717, 1.165) is 23.9 Å². The minimum absolute atomic E-state index is 0.264. The van der Waals surface area contributed by atoms with Crippen molar-refractivity contribution in [2.45, 2.75) is 57.2 Å². The van der Waals surface area contributed by atoms with Gasteiger partial charge < -0.3 is 9.31 Å². The molecule has 3 rings (SSSR count). The molecule has 1 saturated heterocycles. The van der Waals surface area contributed by atoms with Gasteiger partial charge in [-0.15, -0.1) is 0 Å². The second-order valence-corrected chi connectivity index (χ2v) is 6.91. The van der Waals surface area contributed by atoms with Gasteiger partial charge in [-0.3, -0.25) is 0 Å². The van der Waals surface area contributed by atoms with Crippen LogP contribution >= 0.6 is 0 Å². The Bertz CT molecular complexity index is 568. The van der Waals surface area contributed by atoms with Gasteiger partial charge in [0.15, 0.2) is 0 Å². The Morgan fingerprint density at radius 1 is 1.10 bits per heavy atom. The molecule has 0 radical (unpaired) electrons. The van der Waals surface area contributed by atoms with Gasteiger partial charge >= 0.3 is 7.12 Å². The predicted octanol–water partition coefficient (Wildman–Crippen LogP) is 2.54. The smallest absolute Gasteiger partial charge is 0.399 e. The molecular weight excluding hydrogens is 249 g/mol. The first-order chi connectivity index (χ1) is 9.30. The third-order valence-electron chi connectivity index (χ3n) is 4.93. The van der Waals surface area contributed by atoms with Crippen molar-refractivity contribution < 1.29 is 9.31 Å².